The number of hydrogen-bond donors (Lipinski definition) is 0. The summed E-state index contributed by atoms with van der Waals surface area (Å²) in [6, 6.07) is 25.5. The molecule has 162 valence electrons. The third kappa shape index (κ3) is 5.39. The van der Waals surface area contributed by atoms with Crippen molar-refractivity contribution in [1.29, 1.82) is 0 Å². The number of amides is 1. The molecule has 0 atom stereocenters. The highest BCUT2D eigenvalue weighted by molar-refractivity contribution is 8.26. The third-order valence-electron chi connectivity index (χ3n) is 4.86. The molecule has 0 spiro atoms. The van der Waals surface area contributed by atoms with Crippen LogP contribution in [0.25, 0.3) is 6.08 Å². The van der Waals surface area contributed by atoms with Crippen molar-refractivity contribution in [2.45, 2.75) is 20.1 Å². The van der Waals surface area contributed by atoms with Gasteiger partial charge in [0.1, 0.15) is 10.9 Å². The van der Waals surface area contributed by atoms with E-state index < -0.39 is 0 Å². The first-order chi connectivity index (χ1) is 15.6. The van der Waals surface area contributed by atoms with Crippen LogP contribution >= 0.6 is 24.0 Å². The molecule has 0 aromatic heterocycles. The number of thiocarbonyl (C=S) groups is 1. The van der Waals surface area contributed by atoms with E-state index in [9.17, 15) is 4.79 Å². The highest BCUT2D eigenvalue weighted by Gasteiger charge is 2.32. The van der Waals surface area contributed by atoms with Crippen molar-refractivity contribution >= 4 is 40.3 Å². The fraction of sp³-hybridized carbons (Fsp3) is 0.154. The Morgan fingerprint density at radius 1 is 0.906 bits per heavy atom. The van der Waals surface area contributed by atoms with Crippen molar-refractivity contribution in [2.24, 2.45) is 0 Å². The molecule has 0 radical (unpaired) electrons. The minimum absolute atomic E-state index is 0.0776. The van der Waals surface area contributed by atoms with Gasteiger partial charge in [-0.1, -0.05) is 90.7 Å². The van der Waals surface area contributed by atoms with Crippen LogP contribution < -0.4 is 9.47 Å². The van der Waals surface area contributed by atoms with Gasteiger partial charge in [0.25, 0.3) is 5.91 Å². The van der Waals surface area contributed by atoms with E-state index in [0.29, 0.717) is 40.5 Å². The van der Waals surface area contributed by atoms with E-state index in [-0.39, 0.29) is 5.91 Å². The van der Waals surface area contributed by atoms with Crippen LogP contribution in [0.3, 0.4) is 0 Å². The lowest BCUT2D eigenvalue weighted by atomic mass is 10.1. The van der Waals surface area contributed by atoms with E-state index >= 15 is 0 Å². The van der Waals surface area contributed by atoms with Crippen LogP contribution in [0.5, 0.6) is 11.5 Å². The van der Waals surface area contributed by atoms with Crippen molar-refractivity contribution in [3.8, 4) is 11.5 Å². The molecule has 0 bridgehead atoms. The van der Waals surface area contributed by atoms with Gasteiger partial charge < -0.3 is 9.47 Å². The van der Waals surface area contributed by atoms with E-state index in [4.69, 9.17) is 21.7 Å². The molecule has 1 saturated heterocycles. The van der Waals surface area contributed by atoms with Crippen LogP contribution in [-0.4, -0.2) is 21.7 Å². The first kappa shape index (κ1) is 22.1. The van der Waals surface area contributed by atoms with Crippen molar-refractivity contribution in [3.05, 3.63) is 100 Å². The Hall–Kier alpha value is -3.09. The summed E-state index contributed by atoms with van der Waals surface area (Å²) in [5, 5.41) is 0. The number of carbonyl (C=O) groups excluding carboxylic acids is 1. The Bertz CT molecular complexity index is 1130. The molecule has 0 unspecified atom stereocenters. The second kappa shape index (κ2) is 10.5. The Morgan fingerprint density at radius 2 is 1.59 bits per heavy atom. The maximum Gasteiger partial charge on any atom is 0.266 e. The lowest BCUT2D eigenvalue weighted by Gasteiger charge is -2.14. The molecule has 4 nitrogen and oxygen atoms in total. The normalized spacial score (nSPS) is 14.8. The highest BCUT2D eigenvalue weighted by atomic mass is 32.2. The fourth-order valence-corrected chi connectivity index (χ4v) is 4.55. The van der Waals surface area contributed by atoms with Gasteiger partial charge in [0, 0.05) is 0 Å². The Balaban J connectivity index is 1.51. The molecule has 0 aliphatic carbocycles. The SMILES string of the molecule is CCOc1cc(C=C2SC(=S)N(Cc3ccccc3)C2=O)ccc1OCc1ccccc1. The van der Waals surface area contributed by atoms with Crippen LogP contribution in [0.1, 0.15) is 23.6 Å². The third-order valence-corrected chi connectivity index (χ3v) is 6.24. The molecule has 1 heterocycles. The highest BCUT2D eigenvalue weighted by Crippen LogP contribution is 2.35. The Kier molecular flexibility index (Phi) is 7.24. The Labute approximate surface area is 197 Å². The predicted octanol–water partition coefficient (Wildman–Crippen LogP) is 6.07. The molecule has 0 N–H and O–H groups in total. The number of ether oxygens (including phenoxy) is 2. The van der Waals surface area contributed by atoms with E-state index in [0.717, 1.165) is 16.7 Å². The zero-order valence-corrected chi connectivity index (χ0v) is 19.3. The molecule has 1 aliphatic rings. The standard InChI is InChI=1S/C26H23NO3S2/c1-2-29-23-15-21(13-14-22(23)30-18-20-11-7-4-8-12-20)16-24-25(28)27(26(31)32-24)17-19-9-5-3-6-10-19/h3-16H,2,17-18H2,1H3. The van der Waals surface area contributed by atoms with Crippen molar-refractivity contribution in [1.82, 2.24) is 4.90 Å². The monoisotopic (exact) mass is 461 g/mol. The second-order valence-electron chi connectivity index (χ2n) is 7.17. The van der Waals surface area contributed by atoms with Gasteiger partial charge in [-0.15, -0.1) is 0 Å². The van der Waals surface area contributed by atoms with Gasteiger partial charge in [0.2, 0.25) is 0 Å². The maximum atomic E-state index is 13.0. The van der Waals surface area contributed by atoms with E-state index in [1.165, 1.54) is 11.8 Å². The van der Waals surface area contributed by atoms with Crippen molar-refractivity contribution in [2.75, 3.05) is 6.61 Å². The van der Waals surface area contributed by atoms with E-state index in [1.54, 1.807) is 4.90 Å². The number of hydrogen-bond acceptors (Lipinski definition) is 5. The first-order valence-corrected chi connectivity index (χ1v) is 11.6. The van der Waals surface area contributed by atoms with Crippen LogP contribution in [0.15, 0.2) is 83.8 Å². The molecule has 4 rings (SSSR count). The fourth-order valence-electron chi connectivity index (χ4n) is 3.29. The zero-order valence-electron chi connectivity index (χ0n) is 17.7. The molecular weight excluding hydrogens is 438 g/mol. The molecule has 6 heteroatoms. The van der Waals surface area contributed by atoms with Crippen LogP contribution in [0.2, 0.25) is 0 Å². The van der Waals surface area contributed by atoms with Gasteiger partial charge >= 0.3 is 0 Å². The van der Waals surface area contributed by atoms with E-state index in [2.05, 4.69) is 0 Å². The van der Waals surface area contributed by atoms with Crippen LogP contribution in [0, 0.1) is 0 Å². The molecular formula is C26H23NO3S2. The summed E-state index contributed by atoms with van der Waals surface area (Å²) in [7, 11) is 0. The molecule has 1 fully saturated rings. The maximum absolute atomic E-state index is 13.0. The minimum atomic E-state index is -0.0776. The minimum Gasteiger partial charge on any atom is -0.490 e. The number of carbonyl (C=O) groups is 1. The summed E-state index contributed by atoms with van der Waals surface area (Å²) in [4.78, 5) is 15.2. The summed E-state index contributed by atoms with van der Waals surface area (Å²) in [6.45, 7) is 3.38. The molecule has 1 aliphatic heterocycles. The summed E-state index contributed by atoms with van der Waals surface area (Å²) < 4.78 is 12.3. The van der Waals surface area contributed by atoms with Crippen LogP contribution in [-0.2, 0) is 17.9 Å². The van der Waals surface area contributed by atoms with Gasteiger partial charge in [0.15, 0.2) is 11.5 Å². The average molecular weight is 462 g/mol. The number of rotatable bonds is 8. The molecule has 3 aromatic rings. The molecule has 0 saturated carbocycles. The lowest BCUT2D eigenvalue weighted by Crippen LogP contribution is -2.27. The summed E-state index contributed by atoms with van der Waals surface area (Å²) in [6.07, 6.45) is 1.85. The second-order valence-corrected chi connectivity index (χ2v) is 8.84. The van der Waals surface area contributed by atoms with Crippen LogP contribution in [0.4, 0.5) is 0 Å². The van der Waals surface area contributed by atoms with Gasteiger partial charge in [-0.25, -0.2) is 0 Å². The number of thioether (sulfide) groups is 1. The summed E-state index contributed by atoms with van der Waals surface area (Å²) in [5.41, 5.74) is 2.99. The van der Waals surface area contributed by atoms with Gasteiger partial charge in [-0.3, -0.25) is 9.69 Å². The molecule has 32 heavy (non-hydrogen) atoms. The smallest absolute Gasteiger partial charge is 0.266 e. The van der Waals surface area contributed by atoms with Gasteiger partial charge in [-0.2, -0.15) is 0 Å². The summed E-state index contributed by atoms with van der Waals surface area (Å²) in [5.74, 6) is 1.24. The zero-order chi connectivity index (χ0) is 22.3. The van der Waals surface area contributed by atoms with Gasteiger partial charge in [0.05, 0.1) is 18.1 Å². The largest absolute Gasteiger partial charge is 0.490 e. The van der Waals surface area contributed by atoms with Crippen molar-refractivity contribution in [3.63, 3.8) is 0 Å². The quantitative estimate of drug-likeness (QED) is 0.301. The summed E-state index contributed by atoms with van der Waals surface area (Å²) >= 11 is 6.79. The Morgan fingerprint density at radius 3 is 2.28 bits per heavy atom. The molecule has 1 amide bonds. The average Bonchev–Trinajstić information content (AvgIpc) is 3.07. The van der Waals surface area contributed by atoms with Crippen molar-refractivity contribution < 1.29 is 14.3 Å². The topological polar surface area (TPSA) is 38.8 Å². The predicted molar refractivity (Wildman–Crippen MR) is 134 cm³/mol. The lowest BCUT2D eigenvalue weighted by molar-refractivity contribution is -0.122. The molecule has 3 aromatic carbocycles. The number of nitrogens with zero attached hydrogens (tertiary/aromatic N) is 1. The van der Waals surface area contributed by atoms with E-state index in [1.807, 2.05) is 91.9 Å². The number of benzene rings is 3. The first-order valence-electron chi connectivity index (χ1n) is 10.4. The van der Waals surface area contributed by atoms with Gasteiger partial charge in [-0.05, 0) is 41.8 Å².